The van der Waals surface area contributed by atoms with Crippen molar-refractivity contribution in [2.75, 3.05) is 50.0 Å². The van der Waals surface area contributed by atoms with Crippen molar-refractivity contribution in [2.45, 2.75) is 18.6 Å². The van der Waals surface area contributed by atoms with Gasteiger partial charge in [-0.1, -0.05) is 35.1 Å². The second-order valence-corrected chi connectivity index (χ2v) is 10.4. The highest BCUT2D eigenvalue weighted by Crippen LogP contribution is 2.42. The molecule has 2 atom stereocenters. The largest absolute Gasteiger partial charge is 0.462 e. The van der Waals surface area contributed by atoms with Gasteiger partial charge in [0, 0.05) is 55.3 Å². The molecule has 6 rings (SSSR count). The van der Waals surface area contributed by atoms with E-state index in [0.29, 0.717) is 53.5 Å². The molecule has 0 spiro atoms. The molecule has 2 aromatic heterocycles. The van der Waals surface area contributed by atoms with E-state index in [1.807, 2.05) is 12.1 Å². The highest BCUT2D eigenvalue weighted by molar-refractivity contribution is 7.22. The highest BCUT2D eigenvalue weighted by atomic mass is 35.5. The fourth-order valence-corrected chi connectivity index (χ4v) is 5.88. The predicted octanol–water partition coefficient (Wildman–Crippen LogP) is 3.77. The number of halogens is 3. The molecule has 188 valence electrons. The van der Waals surface area contributed by atoms with Crippen molar-refractivity contribution in [1.82, 2.24) is 25.6 Å². The van der Waals surface area contributed by atoms with Crippen molar-refractivity contribution >= 4 is 55.0 Å². The van der Waals surface area contributed by atoms with Crippen LogP contribution in [0.5, 0.6) is 6.01 Å². The minimum absolute atomic E-state index is 0.0448. The summed E-state index contributed by atoms with van der Waals surface area (Å²) in [5, 5.41) is 7.52. The van der Waals surface area contributed by atoms with E-state index in [4.69, 9.17) is 22.1 Å². The zero-order valence-corrected chi connectivity index (χ0v) is 20.8. The molecule has 4 heterocycles. The number of hydrogen-bond acceptors (Lipinski definition) is 9. The van der Waals surface area contributed by atoms with E-state index >= 15 is 4.39 Å². The Balaban J connectivity index is 1.49. The van der Waals surface area contributed by atoms with Gasteiger partial charge in [-0.2, -0.15) is 9.97 Å². The number of anilines is 2. The summed E-state index contributed by atoms with van der Waals surface area (Å²) in [6.07, 6.45) is -0.551. The van der Waals surface area contributed by atoms with Gasteiger partial charge >= 0.3 is 6.01 Å². The van der Waals surface area contributed by atoms with Gasteiger partial charge in [0.25, 0.3) is 0 Å². The number of aromatic nitrogens is 3. The summed E-state index contributed by atoms with van der Waals surface area (Å²) in [5.41, 5.74) is 7.36. The van der Waals surface area contributed by atoms with Crippen LogP contribution < -0.4 is 26.0 Å². The lowest BCUT2D eigenvalue weighted by Gasteiger charge is -2.29. The SMILES string of the molecule is Nc1nc2c(-c3c(Cl)cc4c(N5CCNCC5)nc(OC[C@@H]5C[C@H](F)CN5)nc4c3F)cccc2s1. The number of nitrogens with one attached hydrogen (secondary N) is 2. The third-order valence-electron chi connectivity index (χ3n) is 6.55. The first kappa shape index (κ1) is 23.5. The van der Waals surface area contributed by atoms with E-state index in [9.17, 15) is 4.39 Å². The first-order chi connectivity index (χ1) is 17.5. The molecule has 0 bridgehead atoms. The van der Waals surface area contributed by atoms with Gasteiger partial charge in [-0.3, -0.25) is 0 Å². The lowest BCUT2D eigenvalue weighted by Crippen LogP contribution is -2.44. The summed E-state index contributed by atoms with van der Waals surface area (Å²) < 4.78 is 36.6. The number of nitrogens with two attached hydrogens (primary N) is 1. The number of rotatable bonds is 5. The molecule has 4 N–H and O–H groups in total. The van der Waals surface area contributed by atoms with E-state index in [0.717, 1.165) is 17.8 Å². The molecule has 4 aromatic rings. The molecule has 0 aliphatic carbocycles. The van der Waals surface area contributed by atoms with E-state index in [-0.39, 0.29) is 34.8 Å². The van der Waals surface area contributed by atoms with Crippen LogP contribution in [0.4, 0.5) is 19.7 Å². The Kier molecular flexibility index (Phi) is 6.24. The van der Waals surface area contributed by atoms with Crippen molar-refractivity contribution in [1.29, 1.82) is 0 Å². The van der Waals surface area contributed by atoms with Crippen LogP contribution in [-0.2, 0) is 0 Å². The average Bonchev–Trinajstić information content (AvgIpc) is 3.47. The monoisotopic (exact) mass is 531 g/mol. The van der Waals surface area contributed by atoms with Gasteiger partial charge < -0.3 is 26.0 Å². The number of alkyl halides is 1. The van der Waals surface area contributed by atoms with Gasteiger partial charge in [-0.25, -0.2) is 13.8 Å². The summed E-state index contributed by atoms with van der Waals surface area (Å²) in [7, 11) is 0. The van der Waals surface area contributed by atoms with Crippen molar-refractivity contribution in [3.05, 3.63) is 35.1 Å². The highest BCUT2D eigenvalue weighted by Gasteiger charge is 2.27. The fourth-order valence-electron chi connectivity index (χ4n) is 4.83. The maximum Gasteiger partial charge on any atom is 0.319 e. The maximum absolute atomic E-state index is 16.3. The molecule has 36 heavy (non-hydrogen) atoms. The number of nitrogens with zero attached hydrogens (tertiary/aromatic N) is 4. The van der Waals surface area contributed by atoms with Crippen LogP contribution in [0.3, 0.4) is 0 Å². The van der Waals surface area contributed by atoms with E-state index in [1.165, 1.54) is 11.3 Å². The predicted molar refractivity (Wildman–Crippen MR) is 139 cm³/mol. The lowest BCUT2D eigenvalue weighted by atomic mass is 10.0. The molecule has 2 fully saturated rings. The Morgan fingerprint density at radius 1 is 1.19 bits per heavy atom. The first-order valence-electron chi connectivity index (χ1n) is 11.8. The quantitative estimate of drug-likeness (QED) is 0.358. The van der Waals surface area contributed by atoms with Gasteiger partial charge in [0.1, 0.15) is 24.1 Å². The molecule has 0 radical (unpaired) electrons. The summed E-state index contributed by atoms with van der Waals surface area (Å²) >= 11 is 8.03. The van der Waals surface area contributed by atoms with Crippen LogP contribution in [0.25, 0.3) is 32.2 Å². The smallest absolute Gasteiger partial charge is 0.319 e. The number of piperazine rings is 1. The zero-order valence-electron chi connectivity index (χ0n) is 19.2. The Morgan fingerprint density at radius 2 is 2.03 bits per heavy atom. The van der Waals surface area contributed by atoms with Crippen LogP contribution in [0.1, 0.15) is 6.42 Å². The fraction of sp³-hybridized carbons (Fsp3) is 0.375. The molecule has 2 saturated heterocycles. The minimum atomic E-state index is -0.905. The average molecular weight is 532 g/mol. The van der Waals surface area contributed by atoms with Gasteiger partial charge in [0.05, 0.1) is 15.2 Å². The normalized spacial score (nSPS) is 20.5. The molecular weight excluding hydrogens is 508 g/mol. The number of nitrogen functional groups attached to an aromatic ring is 1. The van der Waals surface area contributed by atoms with Crippen molar-refractivity contribution in [3.8, 4) is 17.1 Å². The third kappa shape index (κ3) is 4.30. The topological polar surface area (TPSA) is 101 Å². The molecule has 2 aromatic carbocycles. The number of benzene rings is 2. The molecule has 0 unspecified atom stereocenters. The summed E-state index contributed by atoms with van der Waals surface area (Å²) in [4.78, 5) is 15.5. The van der Waals surface area contributed by atoms with Gasteiger partial charge in [-0.05, 0) is 18.6 Å². The number of para-hydroxylation sites is 1. The first-order valence-corrected chi connectivity index (χ1v) is 13.0. The summed E-state index contributed by atoms with van der Waals surface area (Å²) in [5.74, 6) is -0.0225. The van der Waals surface area contributed by atoms with Crippen LogP contribution in [0.2, 0.25) is 5.02 Å². The van der Waals surface area contributed by atoms with Gasteiger partial charge in [0.15, 0.2) is 10.9 Å². The van der Waals surface area contributed by atoms with Crippen molar-refractivity contribution in [3.63, 3.8) is 0 Å². The van der Waals surface area contributed by atoms with Crippen LogP contribution in [0, 0.1) is 5.82 Å². The van der Waals surface area contributed by atoms with Gasteiger partial charge in [-0.15, -0.1) is 0 Å². The Bertz CT molecular complexity index is 1450. The molecule has 2 aliphatic rings. The van der Waals surface area contributed by atoms with Crippen LogP contribution in [0.15, 0.2) is 24.3 Å². The maximum atomic E-state index is 16.3. The van der Waals surface area contributed by atoms with E-state index in [2.05, 4.69) is 30.5 Å². The Morgan fingerprint density at radius 3 is 2.81 bits per heavy atom. The number of hydrogen-bond donors (Lipinski definition) is 3. The zero-order chi connectivity index (χ0) is 24.8. The van der Waals surface area contributed by atoms with Crippen molar-refractivity contribution < 1.29 is 13.5 Å². The standard InChI is InChI=1S/C24H24ClF2N7OS/c25-16-9-15-21(19(27)18(16)14-2-1-3-17-20(14)31-23(28)36-17)32-24(35-11-13-8-12(26)10-30-13)33-22(15)34-6-4-29-5-7-34/h1-3,9,12-13,29-30H,4-8,10-11H2,(H2,28,31)/t12-,13-/m0/s1. The molecule has 0 amide bonds. The van der Waals surface area contributed by atoms with Gasteiger partial charge in [0.2, 0.25) is 0 Å². The molecular formula is C24H24ClF2N7OS. The third-order valence-corrected chi connectivity index (χ3v) is 7.69. The van der Waals surface area contributed by atoms with Crippen molar-refractivity contribution in [2.24, 2.45) is 0 Å². The van der Waals surface area contributed by atoms with E-state index < -0.39 is 12.0 Å². The Hall–Kier alpha value is -2.86. The lowest BCUT2D eigenvalue weighted by molar-refractivity contribution is 0.251. The second-order valence-electron chi connectivity index (χ2n) is 8.96. The Labute approximate surface area is 214 Å². The number of ether oxygens (including phenoxy) is 1. The molecule has 8 nitrogen and oxygen atoms in total. The van der Waals surface area contributed by atoms with Crippen LogP contribution in [-0.4, -0.2) is 66.5 Å². The molecule has 0 saturated carbocycles. The molecule has 12 heteroatoms. The second kappa shape index (κ2) is 9.55. The number of fused-ring (bicyclic) bond motifs is 2. The van der Waals surface area contributed by atoms with E-state index in [1.54, 1.807) is 12.1 Å². The summed E-state index contributed by atoms with van der Waals surface area (Å²) in [6, 6.07) is 7.07. The minimum Gasteiger partial charge on any atom is -0.462 e. The van der Waals surface area contributed by atoms with Crippen LogP contribution >= 0.6 is 22.9 Å². The summed E-state index contributed by atoms with van der Waals surface area (Å²) in [6.45, 7) is 3.41. The number of thiazole rings is 1. The molecule has 2 aliphatic heterocycles.